The van der Waals surface area contributed by atoms with Crippen LogP contribution in [0.3, 0.4) is 0 Å². The Morgan fingerprint density at radius 1 is 1.70 bits per heavy atom. The van der Waals surface area contributed by atoms with E-state index in [9.17, 15) is 0 Å². The van der Waals surface area contributed by atoms with E-state index in [4.69, 9.17) is 12.2 Å². The van der Waals surface area contributed by atoms with Crippen LogP contribution in [0, 0.1) is 11.4 Å². The molecule has 3 heteroatoms. The third-order valence-corrected chi connectivity index (χ3v) is 2.03. The maximum absolute atomic E-state index is 5.11. The van der Waals surface area contributed by atoms with E-state index < -0.39 is 0 Å². The summed E-state index contributed by atoms with van der Waals surface area (Å²) in [5, 5.41) is 6.76. The first kappa shape index (κ1) is 7.41. The Bertz CT molecular complexity index is 277. The summed E-state index contributed by atoms with van der Waals surface area (Å²) in [5.41, 5.74) is 2.08. The molecule has 0 aliphatic rings. The van der Waals surface area contributed by atoms with Gasteiger partial charge in [0.25, 0.3) is 0 Å². The molecule has 1 heterocycles. The molecule has 0 aliphatic carbocycles. The minimum absolute atomic E-state index is 0.890. The van der Waals surface area contributed by atoms with Gasteiger partial charge in [0.05, 0.1) is 10.2 Å². The van der Waals surface area contributed by atoms with Crippen molar-refractivity contribution in [2.45, 2.75) is 20.3 Å². The number of hydrogen-bond acceptors (Lipinski definition) is 2. The molecule has 1 aromatic rings. The molecule has 0 atom stereocenters. The first-order valence-electron chi connectivity index (χ1n) is 3.29. The number of H-pyrrole nitrogens is 1. The summed E-state index contributed by atoms with van der Waals surface area (Å²) in [7, 11) is 0. The monoisotopic (exact) mass is 154 g/mol. The van der Waals surface area contributed by atoms with Crippen molar-refractivity contribution in [3.8, 4) is 0 Å². The van der Waals surface area contributed by atoms with E-state index in [1.54, 1.807) is 0 Å². The molecule has 0 fully saturated rings. The predicted octanol–water partition coefficient (Wildman–Crippen LogP) is 2.01. The second-order valence-corrected chi connectivity index (χ2v) is 2.59. The summed E-state index contributed by atoms with van der Waals surface area (Å²) in [5.74, 6) is 0. The number of aromatic amines is 1. The molecular weight excluding hydrogens is 144 g/mol. The summed E-state index contributed by atoms with van der Waals surface area (Å²) in [6.07, 6.45) is 2.83. The van der Waals surface area contributed by atoms with E-state index in [1.165, 1.54) is 5.56 Å². The normalized spacial score (nSPS) is 9.80. The van der Waals surface area contributed by atoms with Crippen LogP contribution in [0.1, 0.15) is 18.2 Å². The summed E-state index contributed by atoms with van der Waals surface area (Å²) in [6, 6.07) is 0. The van der Waals surface area contributed by atoms with Crippen molar-refractivity contribution in [1.82, 2.24) is 10.2 Å². The molecule has 0 saturated carbocycles. The molecule has 0 radical (unpaired) electrons. The van der Waals surface area contributed by atoms with Crippen molar-refractivity contribution in [3.63, 3.8) is 0 Å². The quantitative estimate of drug-likeness (QED) is 0.627. The molecule has 0 spiro atoms. The highest BCUT2D eigenvalue weighted by molar-refractivity contribution is 7.71. The lowest BCUT2D eigenvalue weighted by Crippen LogP contribution is -1.91. The Balaban J connectivity index is 3.28. The fourth-order valence-corrected chi connectivity index (χ4v) is 1.07. The lowest BCUT2D eigenvalue weighted by molar-refractivity contribution is 0.936. The molecule has 2 nitrogen and oxygen atoms in total. The van der Waals surface area contributed by atoms with Crippen LogP contribution in [0.2, 0.25) is 0 Å². The minimum atomic E-state index is 0.890. The van der Waals surface area contributed by atoms with Gasteiger partial charge >= 0.3 is 0 Å². The van der Waals surface area contributed by atoms with E-state index in [2.05, 4.69) is 17.1 Å². The number of hydrogen-bond donors (Lipinski definition) is 1. The van der Waals surface area contributed by atoms with Gasteiger partial charge in [-0.15, -0.1) is 0 Å². The van der Waals surface area contributed by atoms with Crippen LogP contribution in [0.15, 0.2) is 6.20 Å². The smallest absolute Gasteiger partial charge is 0.0759 e. The first-order valence-corrected chi connectivity index (χ1v) is 3.70. The number of aromatic nitrogens is 2. The topological polar surface area (TPSA) is 28.7 Å². The van der Waals surface area contributed by atoms with Crippen molar-refractivity contribution in [2.75, 3.05) is 0 Å². The van der Waals surface area contributed by atoms with Crippen molar-refractivity contribution >= 4 is 12.2 Å². The highest BCUT2D eigenvalue weighted by Crippen LogP contribution is 2.03. The average molecular weight is 154 g/mol. The number of nitrogens with zero attached hydrogens (tertiary/aromatic N) is 1. The molecule has 0 aromatic carbocycles. The molecule has 0 aliphatic heterocycles. The molecule has 1 rings (SSSR count). The molecule has 0 saturated heterocycles. The van der Waals surface area contributed by atoms with Gasteiger partial charge in [-0.3, -0.25) is 5.10 Å². The summed E-state index contributed by atoms with van der Waals surface area (Å²) in [4.78, 5) is 0. The van der Waals surface area contributed by atoms with Crippen LogP contribution in [0.4, 0.5) is 0 Å². The third-order valence-electron chi connectivity index (χ3n) is 1.47. The fourth-order valence-electron chi connectivity index (χ4n) is 0.818. The van der Waals surface area contributed by atoms with Crippen molar-refractivity contribution in [2.24, 2.45) is 0 Å². The molecule has 0 bridgehead atoms. The number of rotatable bonds is 1. The lowest BCUT2D eigenvalue weighted by atomic mass is 10.2. The SMILES string of the molecule is CCc1c[nH]nc(C)c1=S. The highest BCUT2D eigenvalue weighted by Gasteiger charge is 1.94. The number of aryl methyl sites for hydroxylation is 2. The van der Waals surface area contributed by atoms with Crippen LogP contribution >= 0.6 is 12.2 Å². The summed E-state index contributed by atoms with van der Waals surface area (Å²) in [6.45, 7) is 4.00. The predicted molar refractivity (Wildman–Crippen MR) is 43.5 cm³/mol. The van der Waals surface area contributed by atoms with Crippen LogP contribution in [0.5, 0.6) is 0 Å². The van der Waals surface area contributed by atoms with Gasteiger partial charge < -0.3 is 0 Å². The lowest BCUT2D eigenvalue weighted by Gasteiger charge is -1.96. The Morgan fingerprint density at radius 3 is 2.90 bits per heavy atom. The van der Waals surface area contributed by atoms with Gasteiger partial charge in [-0.25, -0.2) is 0 Å². The van der Waals surface area contributed by atoms with Gasteiger partial charge in [0.15, 0.2) is 0 Å². The van der Waals surface area contributed by atoms with Gasteiger partial charge in [0.1, 0.15) is 0 Å². The molecule has 1 aromatic heterocycles. The minimum Gasteiger partial charge on any atom is -0.285 e. The number of nitrogens with one attached hydrogen (secondary N) is 1. The Kier molecular flexibility index (Phi) is 2.17. The Morgan fingerprint density at radius 2 is 2.40 bits per heavy atom. The van der Waals surface area contributed by atoms with E-state index in [0.29, 0.717) is 0 Å². The molecule has 10 heavy (non-hydrogen) atoms. The van der Waals surface area contributed by atoms with Gasteiger partial charge in [-0.2, -0.15) is 5.10 Å². The summed E-state index contributed by atoms with van der Waals surface area (Å²) < 4.78 is 0.890. The molecule has 1 N–H and O–H groups in total. The fraction of sp³-hybridized carbons (Fsp3) is 0.429. The van der Waals surface area contributed by atoms with E-state index in [1.807, 2.05) is 13.1 Å². The van der Waals surface area contributed by atoms with E-state index >= 15 is 0 Å². The van der Waals surface area contributed by atoms with Crippen LogP contribution in [-0.2, 0) is 6.42 Å². The maximum atomic E-state index is 5.11. The summed E-state index contributed by atoms with van der Waals surface area (Å²) >= 11 is 5.11. The second kappa shape index (κ2) is 2.92. The van der Waals surface area contributed by atoms with Crippen molar-refractivity contribution < 1.29 is 0 Å². The zero-order valence-electron chi connectivity index (χ0n) is 6.14. The molecule has 0 amide bonds. The van der Waals surface area contributed by atoms with Gasteiger partial charge in [0.2, 0.25) is 0 Å². The van der Waals surface area contributed by atoms with E-state index in [-0.39, 0.29) is 0 Å². The van der Waals surface area contributed by atoms with Crippen LogP contribution in [0.25, 0.3) is 0 Å². The Hall–Kier alpha value is -0.700. The van der Waals surface area contributed by atoms with E-state index in [0.717, 1.165) is 16.6 Å². The Labute approximate surface area is 65.3 Å². The van der Waals surface area contributed by atoms with Crippen LogP contribution < -0.4 is 0 Å². The zero-order valence-corrected chi connectivity index (χ0v) is 6.96. The van der Waals surface area contributed by atoms with Gasteiger partial charge in [0, 0.05) is 6.20 Å². The molecule has 0 unspecified atom stereocenters. The average Bonchev–Trinajstić information content (AvgIpc) is 1.95. The van der Waals surface area contributed by atoms with Gasteiger partial charge in [-0.05, 0) is 18.9 Å². The standard InChI is InChI=1S/C7H10N2S/c1-3-6-4-8-9-5(2)7(6)10/h4H,3H2,1-2H3,(H,8,10). The third kappa shape index (κ3) is 1.24. The van der Waals surface area contributed by atoms with Crippen molar-refractivity contribution in [1.29, 1.82) is 0 Å². The maximum Gasteiger partial charge on any atom is 0.0759 e. The van der Waals surface area contributed by atoms with Crippen molar-refractivity contribution in [3.05, 3.63) is 22.0 Å². The van der Waals surface area contributed by atoms with Crippen LogP contribution in [-0.4, -0.2) is 10.2 Å². The first-order chi connectivity index (χ1) is 4.75. The largest absolute Gasteiger partial charge is 0.285 e. The van der Waals surface area contributed by atoms with Gasteiger partial charge in [-0.1, -0.05) is 19.1 Å². The second-order valence-electron chi connectivity index (χ2n) is 2.18. The molecular formula is C7H10N2S. The highest BCUT2D eigenvalue weighted by atomic mass is 32.1. The zero-order chi connectivity index (χ0) is 7.56. The molecule has 54 valence electrons.